The fourth-order valence-corrected chi connectivity index (χ4v) is 3.76. The van der Waals surface area contributed by atoms with E-state index in [2.05, 4.69) is 0 Å². The summed E-state index contributed by atoms with van der Waals surface area (Å²) >= 11 is 0. The molecule has 222 valence electrons. The molecule has 0 radical (unpaired) electrons. The van der Waals surface area contributed by atoms with Gasteiger partial charge in [-0.2, -0.15) is 0 Å². The van der Waals surface area contributed by atoms with Crippen molar-refractivity contribution in [2.24, 2.45) is 0 Å². The highest BCUT2D eigenvalue weighted by Crippen LogP contribution is 2.33. The van der Waals surface area contributed by atoms with Crippen molar-refractivity contribution in [2.45, 2.75) is 18.4 Å². The van der Waals surface area contributed by atoms with Crippen LogP contribution in [0.5, 0.6) is 5.75 Å². The molecule has 0 amide bonds. The number of carbonyl (C=O) groups is 3. The van der Waals surface area contributed by atoms with Gasteiger partial charge < -0.3 is 30.1 Å². The smallest absolute Gasteiger partial charge is 0.336 e. The highest BCUT2D eigenvalue weighted by molar-refractivity contribution is 5.95. The minimum absolute atomic E-state index is 0.0816. The number of aliphatic hydroxyl groups is 1. The van der Waals surface area contributed by atoms with Gasteiger partial charge in [-0.05, 0) is 49.5 Å². The second-order valence-corrected chi connectivity index (χ2v) is 9.37. The average molecular weight is 581 g/mol. The van der Waals surface area contributed by atoms with Gasteiger partial charge in [0.25, 0.3) is 5.70 Å². The summed E-state index contributed by atoms with van der Waals surface area (Å²) in [6, 6.07) is 25.9. The van der Waals surface area contributed by atoms with Crippen LogP contribution < -0.4 is 4.74 Å². The van der Waals surface area contributed by atoms with Crippen LogP contribution in [0.2, 0.25) is 0 Å². The monoisotopic (exact) mass is 580 g/mol. The van der Waals surface area contributed by atoms with Crippen LogP contribution in [0.4, 0.5) is 0 Å². The second-order valence-electron chi connectivity index (χ2n) is 9.37. The number of likely N-dealkylation sites (N-methyl/N-ethyl adjacent to an activating group) is 1. The lowest BCUT2D eigenvalue weighted by Gasteiger charge is -2.18. The van der Waals surface area contributed by atoms with Crippen LogP contribution in [0, 0.1) is 10.1 Å². The molecule has 12 nitrogen and oxygen atoms in total. The number of carboxylic acid groups (broad SMARTS) is 3. The molecule has 0 heterocycles. The van der Waals surface area contributed by atoms with Gasteiger partial charge in [0.1, 0.15) is 12.4 Å². The molecule has 0 aromatic heterocycles. The van der Waals surface area contributed by atoms with E-state index in [-0.39, 0.29) is 10.6 Å². The Morgan fingerprint density at radius 2 is 1.24 bits per heavy atom. The number of ether oxygens (including phenoxy) is 1. The Morgan fingerprint density at radius 3 is 1.64 bits per heavy atom. The minimum atomic E-state index is -2.74. The summed E-state index contributed by atoms with van der Waals surface area (Å²) in [4.78, 5) is 44.3. The molecule has 3 rings (SSSR count). The lowest BCUT2D eigenvalue weighted by Crippen LogP contribution is -2.42. The first kappa shape index (κ1) is 33.1. The van der Waals surface area contributed by atoms with Gasteiger partial charge in [0.2, 0.25) is 0 Å². The van der Waals surface area contributed by atoms with E-state index >= 15 is 0 Å². The number of hydrogen-bond donors (Lipinski definition) is 4. The molecule has 0 bridgehead atoms. The summed E-state index contributed by atoms with van der Waals surface area (Å²) in [6.45, 7) is 1.40. The van der Waals surface area contributed by atoms with Crippen LogP contribution in [0.1, 0.15) is 29.5 Å². The fraction of sp³-hybridized carbons (Fsp3) is 0.233. The maximum Gasteiger partial charge on any atom is 0.336 e. The number of benzene rings is 3. The third-order valence-corrected chi connectivity index (χ3v) is 5.76. The Bertz CT molecular complexity index is 1370. The Morgan fingerprint density at radius 1 is 0.786 bits per heavy atom. The van der Waals surface area contributed by atoms with Crippen molar-refractivity contribution in [1.29, 1.82) is 0 Å². The standard InChI is InChI=1S/C24H24N2O3.C6H8O7/c1-25(2)17-18-29-22-15-13-20(14-16-22)23(19-9-5-3-6-10-19)24(26(27)28)21-11-7-4-8-12-21;7-3(8)1-6(13,5(11)12)2-4(9)10/h3-16H,17-18H2,1-2H3;13H,1-2H2,(H,7,8)(H,9,10)(H,11,12). The molecule has 42 heavy (non-hydrogen) atoms. The molecule has 0 aliphatic heterocycles. The van der Waals surface area contributed by atoms with E-state index in [1.54, 1.807) is 12.1 Å². The highest BCUT2D eigenvalue weighted by atomic mass is 16.6. The topological polar surface area (TPSA) is 188 Å². The van der Waals surface area contributed by atoms with Gasteiger partial charge in [-0.25, -0.2) is 4.79 Å². The van der Waals surface area contributed by atoms with Gasteiger partial charge in [-0.3, -0.25) is 19.7 Å². The van der Waals surface area contributed by atoms with Crippen LogP contribution in [-0.2, 0) is 14.4 Å². The predicted octanol–water partition coefficient (Wildman–Crippen LogP) is 3.57. The Labute approximate surface area is 241 Å². The summed E-state index contributed by atoms with van der Waals surface area (Å²) in [5.74, 6) is -4.28. The van der Waals surface area contributed by atoms with Crippen molar-refractivity contribution in [1.82, 2.24) is 4.90 Å². The van der Waals surface area contributed by atoms with Crippen LogP contribution in [0.3, 0.4) is 0 Å². The van der Waals surface area contributed by atoms with E-state index in [1.165, 1.54) is 0 Å². The Balaban J connectivity index is 0.000000401. The normalized spacial score (nSPS) is 11.5. The summed E-state index contributed by atoms with van der Waals surface area (Å²) in [5.41, 5.74) is 0.0657. The third kappa shape index (κ3) is 10.2. The summed E-state index contributed by atoms with van der Waals surface area (Å²) in [6.07, 6.45) is -2.29. The Hall–Kier alpha value is -5.07. The quantitative estimate of drug-likeness (QED) is 0.131. The third-order valence-electron chi connectivity index (χ3n) is 5.76. The molecule has 0 unspecified atom stereocenters. The van der Waals surface area contributed by atoms with Gasteiger partial charge >= 0.3 is 17.9 Å². The number of hydrogen-bond acceptors (Lipinski definition) is 8. The molecular formula is C30H32N2O10. The van der Waals surface area contributed by atoms with Gasteiger partial charge in [-0.15, -0.1) is 0 Å². The van der Waals surface area contributed by atoms with E-state index < -0.39 is 36.4 Å². The molecule has 0 aliphatic carbocycles. The average Bonchev–Trinajstić information content (AvgIpc) is 2.92. The fourth-order valence-electron chi connectivity index (χ4n) is 3.76. The first-order chi connectivity index (χ1) is 19.8. The van der Waals surface area contributed by atoms with Gasteiger partial charge in [0.05, 0.1) is 28.9 Å². The molecule has 0 fully saturated rings. The molecule has 3 aromatic rings. The first-order valence-corrected chi connectivity index (χ1v) is 12.6. The van der Waals surface area contributed by atoms with Crippen LogP contribution in [0.15, 0.2) is 84.9 Å². The predicted molar refractivity (Wildman–Crippen MR) is 153 cm³/mol. The van der Waals surface area contributed by atoms with Crippen LogP contribution in [0.25, 0.3) is 11.3 Å². The lowest BCUT2D eigenvalue weighted by atomic mass is 9.93. The SMILES string of the molecule is CN(C)CCOc1ccc(C(=C(c2ccccc2)[N+](=O)[O-])c2ccccc2)cc1.O=C(O)CC(O)(CC(=O)O)C(=O)O. The summed E-state index contributed by atoms with van der Waals surface area (Å²) in [7, 11) is 3.98. The molecular weight excluding hydrogens is 548 g/mol. The molecule has 4 N–H and O–H groups in total. The number of nitro groups is 1. The number of aliphatic carboxylic acids is 3. The number of nitrogens with zero attached hydrogens (tertiary/aromatic N) is 2. The molecule has 0 atom stereocenters. The van der Waals surface area contributed by atoms with Crippen molar-refractivity contribution in [2.75, 3.05) is 27.2 Å². The van der Waals surface area contributed by atoms with Gasteiger partial charge in [0, 0.05) is 6.54 Å². The molecule has 0 saturated heterocycles. The van der Waals surface area contributed by atoms with Crippen molar-refractivity contribution >= 4 is 29.2 Å². The molecule has 0 aliphatic rings. The van der Waals surface area contributed by atoms with E-state index in [0.717, 1.165) is 23.4 Å². The lowest BCUT2D eigenvalue weighted by molar-refractivity contribution is -0.374. The zero-order valence-electron chi connectivity index (χ0n) is 23.0. The van der Waals surface area contributed by atoms with Crippen LogP contribution >= 0.6 is 0 Å². The molecule has 3 aromatic carbocycles. The first-order valence-electron chi connectivity index (χ1n) is 12.6. The summed E-state index contributed by atoms with van der Waals surface area (Å²) < 4.78 is 5.76. The summed E-state index contributed by atoms with van der Waals surface area (Å²) in [5, 5.41) is 45.9. The second kappa shape index (κ2) is 15.6. The van der Waals surface area contributed by atoms with Crippen molar-refractivity contribution in [3.8, 4) is 5.75 Å². The molecule has 12 heteroatoms. The van der Waals surface area contributed by atoms with Gasteiger partial charge in [-0.1, -0.05) is 60.7 Å². The minimum Gasteiger partial charge on any atom is -0.492 e. The van der Waals surface area contributed by atoms with E-state index in [1.807, 2.05) is 91.8 Å². The number of rotatable bonds is 13. The zero-order valence-corrected chi connectivity index (χ0v) is 23.0. The Kier molecular flexibility index (Phi) is 12.3. The van der Waals surface area contributed by atoms with Gasteiger partial charge in [0.15, 0.2) is 5.60 Å². The van der Waals surface area contributed by atoms with Crippen molar-refractivity contribution in [3.05, 3.63) is 112 Å². The maximum absolute atomic E-state index is 12.1. The van der Waals surface area contributed by atoms with Crippen molar-refractivity contribution in [3.63, 3.8) is 0 Å². The van der Waals surface area contributed by atoms with E-state index in [4.69, 9.17) is 25.2 Å². The van der Waals surface area contributed by atoms with Crippen molar-refractivity contribution < 1.29 is 44.5 Å². The highest BCUT2D eigenvalue weighted by Gasteiger charge is 2.40. The molecule has 0 spiro atoms. The molecule has 0 saturated carbocycles. The maximum atomic E-state index is 12.1. The van der Waals surface area contributed by atoms with E-state index in [0.29, 0.717) is 17.7 Å². The largest absolute Gasteiger partial charge is 0.492 e. The van der Waals surface area contributed by atoms with Crippen LogP contribution in [-0.4, -0.2) is 81.0 Å². The number of carboxylic acids is 3. The van der Waals surface area contributed by atoms with E-state index in [9.17, 15) is 24.5 Å². The zero-order chi connectivity index (χ0) is 31.3.